The van der Waals surface area contributed by atoms with Gasteiger partial charge in [-0.05, 0) is 23.6 Å². The SMILES string of the molecule is COc1cccc2nc3c4cccc5cccc(c(=O)n3c12)c54. The first-order chi connectivity index (χ1) is 11.3. The monoisotopic (exact) mass is 300 g/mol. The van der Waals surface area contributed by atoms with Gasteiger partial charge in [0.15, 0.2) is 0 Å². The van der Waals surface area contributed by atoms with Gasteiger partial charge in [-0.1, -0.05) is 36.4 Å². The Balaban J connectivity index is 2.22. The van der Waals surface area contributed by atoms with Gasteiger partial charge in [0.05, 0.1) is 12.6 Å². The van der Waals surface area contributed by atoms with Crippen LogP contribution in [0, 0.1) is 0 Å². The van der Waals surface area contributed by atoms with Crippen molar-refractivity contribution < 1.29 is 4.74 Å². The van der Waals surface area contributed by atoms with E-state index < -0.39 is 0 Å². The lowest BCUT2D eigenvalue weighted by Crippen LogP contribution is -2.13. The molecule has 0 saturated heterocycles. The van der Waals surface area contributed by atoms with Crippen molar-refractivity contribution in [3.63, 3.8) is 0 Å². The van der Waals surface area contributed by atoms with Crippen molar-refractivity contribution in [3.05, 3.63) is 65.0 Å². The van der Waals surface area contributed by atoms with Crippen LogP contribution < -0.4 is 10.3 Å². The second kappa shape index (κ2) is 4.20. The van der Waals surface area contributed by atoms with Gasteiger partial charge in [0.25, 0.3) is 5.56 Å². The third-order valence-corrected chi connectivity index (χ3v) is 4.44. The van der Waals surface area contributed by atoms with E-state index in [1.54, 1.807) is 11.5 Å². The van der Waals surface area contributed by atoms with Crippen LogP contribution in [0.2, 0.25) is 0 Å². The zero-order valence-corrected chi connectivity index (χ0v) is 12.4. The molecule has 0 spiro atoms. The summed E-state index contributed by atoms with van der Waals surface area (Å²) in [4.78, 5) is 17.8. The molecule has 23 heavy (non-hydrogen) atoms. The highest BCUT2D eigenvalue weighted by Gasteiger charge is 2.17. The Kier molecular flexibility index (Phi) is 2.26. The minimum absolute atomic E-state index is 0.0590. The van der Waals surface area contributed by atoms with Crippen molar-refractivity contribution >= 4 is 38.2 Å². The van der Waals surface area contributed by atoms with Crippen molar-refractivity contribution in [2.24, 2.45) is 0 Å². The molecule has 0 aliphatic rings. The fraction of sp³-hybridized carbons (Fsp3) is 0.0526. The van der Waals surface area contributed by atoms with E-state index in [2.05, 4.69) is 0 Å². The third kappa shape index (κ3) is 1.45. The molecule has 4 nitrogen and oxygen atoms in total. The van der Waals surface area contributed by atoms with Gasteiger partial charge in [-0.25, -0.2) is 4.98 Å². The molecule has 0 N–H and O–H groups in total. The van der Waals surface area contributed by atoms with E-state index in [-0.39, 0.29) is 5.56 Å². The summed E-state index contributed by atoms with van der Waals surface area (Å²) in [6.07, 6.45) is 0. The number of fused-ring (bicyclic) bond motifs is 4. The summed E-state index contributed by atoms with van der Waals surface area (Å²) in [5.74, 6) is 0.654. The molecule has 0 aliphatic carbocycles. The van der Waals surface area contributed by atoms with Gasteiger partial charge in [-0.3, -0.25) is 9.20 Å². The molecule has 4 heteroatoms. The van der Waals surface area contributed by atoms with Crippen molar-refractivity contribution in [2.45, 2.75) is 0 Å². The maximum atomic E-state index is 13.1. The van der Waals surface area contributed by atoms with Gasteiger partial charge < -0.3 is 4.74 Å². The van der Waals surface area contributed by atoms with Gasteiger partial charge in [-0.15, -0.1) is 0 Å². The number of nitrogens with zero attached hydrogens (tertiary/aromatic N) is 2. The number of rotatable bonds is 1. The van der Waals surface area contributed by atoms with Crippen LogP contribution in [0.15, 0.2) is 59.4 Å². The van der Waals surface area contributed by atoms with Crippen LogP contribution in [0.3, 0.4) is 0 Å². The molecule has 0 radical (unpaired) electrons. The lowest BCUT2D eigenvalue weighted by molar-refractivity contribution is 0.418. The molecule has 0 amide bonds. The summed E-state index contributed by atoms with van der Waals surface area (Å²) in [6, 6.07) is 17.5. The third-order valence-electron chi connectivity index (χ3n) is 4.44. The highest BCUT2D eigenvalue weighted by atomic mass is 16.5. The topological polar surface area (TPSA) is 43.6 Å². The maximum Gasteiger partial charge on any atom is 0.264 e. The van der Waals surface area contributed by atoms with Crippen LogP contribution >= 0.6 is 0 Å². The fourth-order valence-electron chi connectivity index (χ4n) is 3.46. The van der Waals surface area contributed by atoms with E-state index in [0.29, 0.717) is 16.8 Å². The first kappa shape index (κ1) is 12.4. The van der Waals surface area contributed by atoms with E-state index >= 15 is 0 Å². The Bertz CT molecular complexity index is 1270. The lowest BCUT2D eigenvalue weighted by atomic mass is 10.0. The molecule has 2 heterocycles. The number of pyridine rings is 1. The Morgan fingerprint density at radius 1 is 0.957 bits per heavy atom. The van der Waals surface area contributed by atoms with E-state index in [4.69, 9.17) is 9.72 Å². The molecule has 5 rings (SSSR count). The first-order valence-corrected chi connectivity index (χ1v) is 7.42. The van der Waals surface area contributed by atoms with Crippen LogP contribution in [0.5, 0.6) is 5.75 Å². The summed E-state index contributed by atoms with van der Waals surface area (Å²) in [6.45, 7) is 0. The summed E-state index contributed by atoms with van der Waals surface area (Å²) >= 11 is 0. The molecule has 2 aromatic heterocycles. The van der Waals surface area contributed by atoms with Gasteiger partial charge in [-0.2, -0.15) is 0 Å². The smallest absolute Gasteiger partial charge is 0.264 e. The van der Waals surface area contributed by atoms with Crippen LogP contribution in [-0.2, 0) is 0 Å². The van der Waals surface area contributed by atoms with Crippen molar-refractivity contribution in [2.75, 3.05) is 7.11 Å². The zero-order valence-electron chi connectivity index (χ0n) is 12.4. The van der Waals surface area contributed by atoms with Crippen molar-refractivity contribution in [1.82, 2.24) is 9.38 Å². The number of para-hydroxylation sites is 1. The summed E-state index contributed by atoms with van der Waals surface area (Å²) in [7, 11) is 1.61. The highest BCUT2D eigenvalue weighted by Crippen LogP contribution is 2.32. The molecule has 0 unspecified atom stereocenters. The van der Waals surface area contributed by atoms with Crippen LogP contribution in [0.1, 0.15) is 0 Å². The second-order valence-corrected chi connectivity index (χ2v) is 5.61. The Morgan fingerprint density at radius 3 is 2.48 bits per heavy atom. The molecule has 3 aromatic carbocycles. The average Bonchev–Trinajstić information content (AvgIpc) is 2.99. The predicted molar refractivity (Wildman–Crippen MR) is 91.7 cm³/mol. The molecular weight excluding hydrogens is 288 g/mol. The predicted octanol–water partition coefficient (Wildman–Crippen LogP) is 3.60. The minimum atomic E-state index is -0.0590. The van der Waals surface area contributed by atoms with Crippen LogP contribution in [-0.4, -0.2) is 16.5 Å². The summed E-state index contributed by atoms with van der Waals surface area (Å²) < 4.78 is 7.12. The maximum absolute atomic E-state index is 13.1. The van der Waals surface area contributed by atoms with Gasteiger partial charge in [0.1, 0.15) is 16.9 Å². The number of methoxy groups -OCH3 is 1. The number of hydrogen-bond donors (Lipinski definition) is 0. The van der Waals surface area contributed by atoms with Crippen molar-refractivity contribution in [3.8, 4) is 5.75 Å². The summed E-state index contributed by atoms with van der Waals surface area (Å²) in [5.41, 5.74) is 2.11. The Hall–Kier alpha value is -3.14. The normalized spacial score (nSPS) is 11.9. The highest BCUT2D eigenvalue weighted by molar-refractivity contribution is 6.15. The average molecular weight is 300 g/mol. The Labute approximate surface area is 130 Å². The molecule has 0 aliphatic heterocycles. The second-order valence-electron chi connectivity index (χ2n) is 5.61. The Morgan fingerprint density at radius 2 is 1.70 bits per heavy atom. The standard InChI is InChI=1S/C19H12N2O2/c1-23-15-10-4-9-14-17(15)21-18(20-14)12-7-2-5-11-6-3-8-13(16(11)12)19(21)22/h2-10H,1H3. The number of aromatic nitrogens is 2. The number of ether oxygens (including phenoxy) is 1. The molecule has 110 valence electrons. The number of imidazole rings is 1. The quantitative estimate of drug-likeness (QED) is 0.475. The van der Waals surface area contributed by atoms with Gasteiger partial charge >= 0.3 is 0 Å². The van der Waals surface area contributed by atoms with E-state index in [0.717, 1.165) is 27.2 Å². The molecular formula is C19H12N2O2. The molecule has 0 bridgehead atoms. The molecule has 0 atom stereocenters. The van der Waals surface area contributed by atoms with E-state index in [9.17, 15) is 4.79 Å². The summed E-state index contributed by atoms with van der Waals surface area (Å²) in [5, 5.41) is 3.71. The van der Waals surface area contributed by atoms with E-state index in [1.807, 2.05) is 54.6 Å². The van der Waals surface area contributed by atoms with Crippen LogP contribution in [0.25, 0.3) is 38.2 Å². The number of hydrogen-bond acceptors (Lipinski definition) is 3. The van der Waals surface area contributed by atoms with Crippen LogP contribution in [0.4, 0.5) is 0 Å². The van der Waals surface area contributed by atoms with Crippen molar-refractivity contribution in [1.29, 1.82) is 0 Å². The zero-order chi connectivity index (χ0) is 15.6. The molecule has 5 aromatic rings. The molecule has 0 fully saturated rings. The van der Waals surface area contributed by atoms with Gasteiger partial charge in [0.2, 0.25) is 0 Å². The minimum Gasteiger partial charge on any atom is -0.494 e. The molecule has 0 saturated carbocycles. The first-order valence-electron chi connectivity index (χ1n) is 7.42. The van der Waals surface area contributed by atoms with Gasteiger partial charge in [0, 0.05) is 16.2 Å². The largest absolute Gasteiger partial charge is 0.494 e. The number of benzene rings is 3. The van der Waals surface area contributed by atoms with E-state index in [1.165, 1.54) is 0 Å². The lowest BCUT2D eigenvalue weighted by Gasteiger charge is -2.07. The fourth-order valence-corrected chi connectivity index (χ4v) is 3.46.